The zero-order valence-electron chi connectivity index (χ0n) is 39.2. The number of benzene rings is 6. The van der Waals surface area contributed by atoms with E-state index in [1.165, 1.54) is 84.9 Å². The fourth-order valence-corrected chi connectivity index (χ4v) is 9.22. The molecule has 3 fully saturated rings. The Labute approximate surface area is 461 Å². The second-order valence-corrected chi connectivity index (χ2v) is 17.7. The number of rotatable bonds is 15. The first-order chi connectivity index (χ1) is 35.1. The monoisotopic (exact) mass is 1110 g/mol. The Morgan fingerprint density at radius 3 is 1.27 bits per heavy atom. The lowest BCUT2D eigenvalue weighted by atomic mass is 9.78. The zero-order valence-corrected chi connectivity index (χ0v) is 39.2. The SMILES string of the molecule is C.C.C.C.C.C.CO.O=C(O)[C@@H]1C[C@H](O)[C@@H](O)[C@H](Oc2ccc([C@@H]3[C@@H](CC[C@H](O)c4ccc(F)cc4)C(=O)N3c3ccc(F)cc3)cc2)O1.O=C1[C@H](CC[C@H](O)c2ccc(F)cc2)[C@@H](c2ccc(O)cc2)N1c1ccc(F)cc1. The smallest absolute Gasteiger partial charge is 0.333 e. The Bertz CT molecular complexity index is 2770. The summed E-state index contributed by atoms with van der Waals surface area (Å²) < 4.78 is 64.2. The highest BCUT2D eigenvalue weighted by molar-refractivity contribution is 6.04. The maximum absolute atomic E-state index is 13.6. The van der Waals surface area contributed by atoms with Crippen LogP contribution in [0.2, 0.25) is 0 Å². The lowest BCUT2D eigenvalue weighted by Gasteiger charge is -2.48. The Morgan fingerprint density at radius 2 is 0.911 bits per heavy atom. The Kier molecular flexibility index (Phi) is 27.8. The van der Waals surface area contributed by atoms with Crippen LogP contribution in [-0.2, 0) is 19.1 Å². The van der Waals surface area contributed by atoms with Crippen molar-refractivity contribution in [1.82, 2.24) is 0 Å². The molecule has 10 atom stereocenters. The van der Waals surface area contributed by atoms with E-state index in [1.54, 1.807) is 70.5 Å². The first-order valence-electron chi connectivity index (χ1n) is 23.3. The number of nitrogens with zero attached hydrogens (tertiary/aromatic N) is 2. The number of ether oxygens (including phenoxy) is 2. The maximum atomic E-state index is 13.6. The fourth-order valence-electron chi connectivity index (χ4n) is 9.22. The summed E-state index contributed by atoms with van der Waals surface area (Å²) in [7, 11) is 1.00. The van der Waals surface area contributed by atoms with E-state index in [0.717, 1.165) is 18.2 Å². The third kappa shape index (κ3) is 16.4. The molecule has 0 saturated carbocycles. The number of carboxylic acid groups (broad SMARTS) is 1. The molecule has 14 nitrogen and oxygen atoms in total. The standard InChI is InChI=1S/C30H29F2NO8.C24H21F2NO3.CH4O.6CH4/c31-18-5-1-16(2-6-18)23(34)14-13-22-26(33(28(22)37)20-9-7-19(32)8-10-20)17-3-11-21(12-4-17)40-30-27(36)24(35)15-25(41-30)29(38)39;25-17-5-1-15(2-6-17)22(29)14-13-21-23(16-3-11-20(28)12-4-16)27(24(21)30)19-9-7-18(26)8-10-19;1-2;;;;;;/h1-12,22-27,30,34-36H,13-15H2,(H,38,39);1-12,21-23,28-29H,13-14H2;2H,1H3;6*1H4/t22-,23+,24+,25+,26-,27-,30-;21-,22+,23-;;;;;;;/m11......./s1. The molecule has 0 bridgehead atoms. The van der Waals surface area contributed by atoms with E-state index in [4.69, 9.17) is 14.6 Å². The van der Waals surface area contributed by atoms with Crippen LogP contribution < -0.4 is 14.5 Å². The summed E-state index contributed by atoms with van der Waals surface area (Å²) in [6.45, 7) is 0. The van der Waals surface area contributed by atoms with Gasteiger partial charge >= 0.3 is 5.97 Å². The summed E-state index contributed by atoms with van der Waals surface area (Å²) in [5.41, 5.74) is 3.79. The molecule has 0 aliphatic carbocycles. The molecule has 79 heavy (non-hydrogen) atoms. The molecule has 0 spiro atoms. The van der Waals surface area contributed by atoms with Gasteiger partial charge in [0.25, 0.3) is 0 Å². The van der Waals surface area contributed by atoms with Crippen molar-refractivity contribution in [2.45, 2.75) is 126 Å². The number of aliphatic carboxylic acids is 1. The van der Waals surface area contributed by atoms with E-state index in [9.17, 15) is 62.6 Å². The normalized spacial score (nSPS) is 21.3. The predicted molar refractivity (Wildman–Crippen MR) is 298 cm³/mol. The average Bonchev–Trinajstić information content (AvgIpc) is 3.42. The molecule has 432 valence electrons. The molecule has 0 unspecified atom stereocenters. The molecular formula is C61H78F4N2O12. The van der Waals surface area contributed by atoms with Gasteiger partial charge in [0.1, 0.15) is 40.9 Å². The average molecular weight is 1110 g/mol. The first kappa shape index (κ1) is 69.8. The molecule has 3 saturated heterocycles. The molecule has 0 aromatic heterocycles. The van der Waals surface area contributed by atoms with E-state index in [0.29, 0.717) is 41.8 Å². The third-order valence-electron chi connectivity index (χ3n) is 13.1. The van der Waals surface area contributed by atoms with Gasteiger partial charge in [-0.25, -0.2) is 22.4 Å². The minimum Gasteiger partial charge on any atom is -0.508 e. The van der Waals surface area contributed by atoms with Gasteiger partial charge in [-0.15, -0.1) is 0 Å². The molecule has 18 heteroatoms. The van der Waals surface area contributed by atoms with Crippen molar-refractivity contribution in [1.29, 1.82) is 0 Å². The van der Waals surface area contributed by atoms with Gasteiger partial charge in [-0.2, -0.15) is 0 Å². The number of halogens is 4. The number of carbonyl (C=O) groups excluding carboxylic acids is 2. The molecular weight excluding hydrogens is 1030 g/mol. The molecule has 7 N–H and O–H groups in total. The van der Waals surface area contributed by atoms with Gasteiger partial charge < -0.3 is 55.0 Å². The Hall–Kier alpha value is -7.19. The molecule has 3 aliphatic heterocycles. The summed E-state index contributed by atoms with van der Waals surface area (Å²) >= 11 is 0. The van der Waals surface area contributed by atoms with Crippen LogP contribution in [0.25, 0.3) is 0 Å². The molecule has 2 amide bonds. The number of phenolic OH excluding ortho intramolecular Hbond substituents is 1. The number of aromatic hydroxyl groups is 1. The van der Waals surface area contributed by atoms with Crippen LogP contribution in [0.5, 0.6) is 11.5 Å². The molecule has 3 aliphatic rings. The molecule has 6 aromatic carbocycles. The number of aliphatic hydroxyl groups is 5. The number of β-lactam (4-membered cyclic amide) rings is 2. The van der Waals surface area contributed by atoms with Crippen molar-refractivity contribution < 1.29 is 77.2 Å². The number of hydrogen-bond donors (Lipinski definition) is 7. The van der Waals surface area contributed by atoms with E-state index >= 15 is 0 Å². The number of aliphatic hydroxyl groups excluding tert-OH is 5. The van der Waals surface area contributed by atoms with Crippen molar-refractivity contribution in [2.24, 2.45) is 11.8 Å². The quantitative estimate of drug-likeness (QED) is 0.0377. The van der Waals surface area contributed by atoms with Crippen LogP contribution in [0.1, 0.15) is 123 Å². The predicted octanol–water partition coefficient (Wildman–Crippen LogP) is 11.8. The van der Waals surface area contributed by atoms with Crippen LogP contribution in [-0.4, -0.2) is 85.2 Å². The van der Waals surface area contributed by atoms with Crippen LogP contribution in [0.15, 0.2) is 146 Å². The largest absolute Gasteiger partial charge is 0.508 e. The van der Waals surface area contributed by atoms with Crippen molar-refractivity contribution in [2.75, 3.05) is 16.9 Å². The van der Waals surface area contributed by atoms with Gasteiger partial charge in [0.15, 0.2) is 6.10 Å². The third-order valence-corrected chi connectivity index (χ3v) is 13.1. The second-order valence-electron chi connectivity index (χ2n) is 17.7. The first-order valence-corrected chi connectivity index (χ1v) is 23.3. The van der Waals surface area contributed by atoms with Gasteiger partial charge in [0, 0.05) is 24.9 Å². The number of anilines is 2. The lowest BCUT2D eigenvalue weighted by Crippen LogP contribution is -2.55. The second kappa shape index (κ2) is 31.4. The van der Waals surface area contributed by atoms with E-state index in [-0.39, 0.29) is 104 Å². The van der Waals surface area contributed by atoms with Gasteiger partial charge in [-0.05, 0) is 145 Å². The molecule has 6 aromatic rings. The molecule has 3 heterocycles. The van der Waals surface area contributed by atoms with Gasteiger partial charge in [0.2, 0.25) is 18.1 Å². The maximum Gasteiger partial charge on any atom is 0.333 e. The molecule has 0 radical (unpaired) electrons. The highest BCUT2D eigenvalue weighted by Crippen LogP contribution is 2.48. The summed E-state index contributed by atoms with van der Waals surface area (Å²) in [6, 6.07) is 34.9. The Balaban J connectivity index is 0.000000739. The number of phenols is 1. The number of hydrogen-bond acceptors (Lipinski definition) is 11. The van der Waals surface area contributed by atoms with Crippen LogP contribution >= 0.6 is 0 Å². The molecule has 9 rings (SSSR count). The van der Waals surface area contributed by atoms with Crippen molar-refractivity contribution in [3.63, 3.8) is 0 Å². The van der Waals surface area contributed by atoms with Crippen molar-refractivity contribution in [3.05, 3.63) is 191 Å². The van der Waals surface area contributed by atoms with Gasteiger partial charge in [-0.3, -0.25) is 9.59 Å². The van der Waals surface area contributed by atoms with Crippen molar-refractivity contribution in [3.8, 4) is 11.5 Å². The fraction of sp³-hybridized carbons (Fsp3) is 0.361. The van der Waals surface area contributed by atoms with Gasteiger partial charge in [-0.1, -0.05) is 93.1 Å². The van der Waals surface area contributed by atoms with Crippen molar-refractivity contribution >= 4 is 29.2 Å². The Morgan fingerprint density at radius 1 is 0.570 bits per heavy atom. The van der Waals surface area contributed by atoms with Crippen LogP contribution in [0, 0.1) is 35.1 Å². The number of carboxylic acids is 1. The van der Waals surface area contributed by atoms with Gasteiger partial charge in [0.05, 0.1) is 42.2 Å². The summed E-state index contributed by atoms with van der Waals surface area (Å²) in [6.07, 6.45) is -6.18. The number of carbonyl (C=O) groups is 3. The summed E-state index contributed by atoms with van der Waals surface area (Å²) in [5, 5.41) is 67.2. The highest BCUT2D eigenvalue weighted by Gasteiger charge is 2.50. The zero-order chi connectivity index (χ0) is 52.5. The summed E-state index contributed by atoms with van der Waals surface area (Å²) in [4.78, 5) is 40.7. The number of amides is 2. The summed E-state index contributed by atoms with van der Waals surface area (Å²) in [5.74, 6) is -3.71. The van der Waals surface area contributed by atoms with E-state index in [1.807, 2.05) is 0 Å². The van der Waals surface area contributed by atoms with E-state index in [2.05, 4.69) is 0 Å². The highest BCUT2D eigenvalue weighted by atomic mass is 19.1. The van der Waals surface area contributed by atoms with E-state index < -0.39 is 66.4 Å². The minimum atomic E-state index is -1.46. The van der Waals surface area contributed by atoms with Crippen LogP contribution in [0.3, 0.4) is 0 Å². The topological polar surface area (TPSA) is 218 Å². The van der Waals surface area contributed by atoms with Crippen LogP contribution in [0.4, 0.5) is 28.9 Å². The minimum absolute atomic E-state index is 0. The lowest BCUT2D eigenvalue weighted by molar-refractivity contribution is -0.238.